The fraction of sp³-hybridized carbons (Fsp3) is 1.00. The van der Waals surface area contributed by atoms with Gasteiger partial charge in [-0.2, -0.15) is 22.0 Å². The molecule has 0 aliphatic heterocycles. The molecule has 0 atom stereocenters. The molecule has 0 unspecified atom stereocenters. The molecule has 0 saturated heterocycles. The van der Waals surface area contributed by atoms with Gasteiger partial charge in [-0.1, -0.05) is 26.7 Å². The molecule has 0 saturated carbocycles. The van der Waals surface area contributed by atoms with Gasteiger partial charge < -0.3 is 0 Å². The van der Waals surface area contributed by atoms with Gasteiger partial charge in [0.2, 0.25) is 0 Å². The summed E-state index contributed by atoms with van der Waals surface area (Å²) in [7, 11) is 0. The van der Waals surface area contributed by atoms with Crippen molar-refractivity contribution in [1.29, 1.82) is 0 Å². The Bertz CT molecular complexity index is 195. The zero-order valence-corrected chi connectivity index (χ0v) is 10.3. The zero-order valence-electron chi connectivity index (χ0n) is 10.3. The van der Waals surface area contributed by atoms with Crippen LogP contribution in [0.1, 0.15) is 39.5 Å². The van der Waals surface area contributed by atoms with Gasteiger partial charge in [-0.15, -0.1) is 0 Å². The van der Waals surface area contributed by atoms with E-state index in [1.807, 2.05) is 13.8 Å². The van der Waals surface area contributed by atoms with Crippen LogP contribution >= 0.6 is 0 Å². The molecule has 0 aliphatic rings. The molecule has 1 nitrogen and oxygen atoms in total. The van der Waals surface area contributed by atoms with Gasteiger partial charge in [0.1, 0.15) is 0 Å². The highest BCUT2D eigenvalue weighted by molar-refractivity contribution is 4.80. The third kappa shape index (κ3) is 6.19. The van der Waals surface area contributed by atoms with Crippen LogP contribution in [0.3, 0.4) is 0 Å². The summed E-state index contributed by atoms with van der Waals surface area (Å²) in [4.78, 5) is 1.21. The highest BCUT2D eigenvalue weighted by Crippen LogP contribution is 2.36. The molecule has 0 aromatic heterocycles. The summed E-state index contributed by atoms with van der Waals surface area (Å²) in [5.74, 6) is -4.62. The van der Waals surface area contributed by atoms with Crippen molar-refractivity contribution in [2.75, 3.05) is 19.6 Å². The van der Waals surface area contributed by atoms with Crippen LogP contribution in [0.4, 0.5) is 22.0 Å². The van der Waals surface area contributed by atoms with Crippen LogP contribution in [0.2, 0.25) is 0 Å². The minimum absolute atomic E-state index is 0.294. The summed E-state index contributed by atoms with van der Waals surface area (Å²) in [6.07, 6.45) is -2.63. The lowest BCUT2D eigenvalue weighted by atomic mass is 10.2. The van der Waals surface area contributed by atoms with E-state index in [9.17, 15) is 22.0 Å². The predicted octanol–water partition coefficient (Wildman–Crippen LogP) is 4.09. The number of rotatable bonds is 8. The molecule has 0 bridgehead atoms. The molecule has 0 heterocycles. The van der Waals surface area contributed by atoms with E-state index in [1.165, 1.54) is 4.90 Å². The Morgan fingerprint density at radius 2 is 1.24 bits per heavy atom. The maximum absolute atomic E-state index is 12.9. The van der Waals surface area contributed by atoms with Gasteiger partial charge in [0, 0.05) is 0 Å². The molecule has 104 valence electrons. The third-order valence-electron chi connectivity index (χ3n) is 2.49. The van der Waals surface area contributed by atoms with Crippen LogP contribution in [-0.4, -0.2) is 36.6 Å². The highest BCUT2D eigenvalue weighted by Gasteiger charge is 2.57. The first-order chi connectivity index (χ1) is 7.74. The van der Waals surface area contributed by atoms with Crippen LogP contribution in [-0.2, 0) is 0 Å². The van der Waals surface area contributed by atoms with E-state index < -0.39 is 18.6 Å². The summed E-state index contributed by atoms with van der Waals surface area (Å²) in [6, 6.07) is 0. The van der Waals surface area contributed by atoms with E-state index >= 15 is 0 Å². The number of hydrogen-bond donors (Lipinski definition) is 0. The zero-order chi connectivity index (χ0) is 13.5. The van der Waals surface area contributed by atoms with Gasteiger partial charge in [-0.3, -0.25) is 4.90 Å². The predicted molar refractivity (Wildman–Crippen MR) is 57.3 cm³/mol. The van der Waals surface area contributed by atoms with Gasteiger partial charge in [-0.05, 0) is 25.9 Å². The average Bonchev–Trinajstić information content (AvgIpc) is 2.20. The van der Waals surface area contributed by atoms with Gasteiger partial charge in [-0.25, -0.2) is 0 Å². The van der Waals surface area contributed by atoms with Crippen molar-refractivity contribution < 1.29 is 22.0 Å². The van der Waals surface area contributed by atoms with E-state index in [-0.39, 0.29) is 0 Å². The summed E-state index contributed by atoms with van der Waals surface area (Å²) >= 11 is 0. The Kier molecular flexibility index (Phi) is 6.97. The van der Waals surface area contributed by atoms with Gasteiger partial charge in [0.15, 0.2) is 0 Å². The van der Waals surface area contributed by atoms with Crippen LogP contribution in [0, 0.1) is 0 Å². The number of halogens is 5. The second-order valence-corrected chi connectivity index (χ2v) is 4.19. The fourth-order valence-electron chi connectivity index (χ4n) is 1.40. The number of hydrogen-bond acceptors (Lipinski definition) is 1. The molecular formula is C11H20F5N. The van der Waals surface area contributed by atoms with Crippen LogP contribution in [0.5, 0.6) is 0 Å². The van der Waals surface area contributed by atoms with Crippen molar-refractivity contribution >= 4 is 0 Å². The smallest absolute Gasteiger partial charge is 0.297 e. The second kappa shape index (κ2) is 7.13. The lowest BCUT2D eigenvalue weighted by molar-refractivity contribution is -0.286. The SMILES string of the molecule is CCCCN(CCCC)CC(F)(F)C(F)(F)F. The van der Waals surface area contributed by atoms with Gasteiger partial charge in [0.05, 0.1) is 6.54 Å². The molecule has 0 rings (SSSR count). The van der Waals surface area contributed by atoms with E-state index in [0.717, 1.165) is 12.8 Å². The van der Waals surface area contributed by atoms with E-state index in [1.54, 1.807) is 0 Å². The molecule has 17 heavy (non-hydrogen) atoms. The molecule has 0 aromatic carbocycles. The molecule has 0 fully saturated rings. The third-order valence-corrected chi connectivity index (χ3v) is 2.49. The van der Waals surface area contributed by atoms with Gasteiger partial charge >= 0.3 is 12.1 Å². The average molecular weight is 261 g/mol. The van der Waals surface area contributed by atoms with Gasteiger partial charge in [0.25, 0.3) is 0 Å². The molecular weight excluding hydrogens is 241 g/mol. The monoisotopic (exact) mass is 261 g/mol. The first-order valence-corrected chi connectivity index (χ1v) is 5.91. The van der Waals surface area contributed by atoms with Crippen molar-refractivity contribution in [1.82, 2.24) is 4.90 Å². The summed E-state index contributed by atoms with van der Waals surface area (Å²) in [6.45, 7) is 3.11. The van der Waals surface area contributed by atoms with E-state index in [0.29, 0.717) is 25.9 Å². The normalized spacial score (nSPS) is 13.4. The first kappa shape index (κ1) is 16.6. The Morgan fingerprint density at radius 1 is 0.824 bits per heavy atom. The Hall–Kier alpha value is -0.390. The minimum Gasteiger partial charge on any atom is -0.297 e. The maximum atomic E-state index is 12.9. The second-order valence-electron chi connectivity index (χ2n) is 4.19. The van der Waals surface area contributed by atoms with Crippen molar-refractivity contribution in [2.45, 2.75) is 51.6 Å². The number of alkyl halides is 5. The van der Waals surface area contributed by atoms with Crippen molar-refractivity contribution in [3.05, 3.63) is 0 Å². The fourth-order valence-corrected chi connectivity index (χ4v) is 1.40. The highest BCUT2D eigenvalue weighted by atomic mass is 19.4. The van der Waals surface area contributed by atoms with Crippen molar-refractivity contribution in [2.24, 2.45) is 0 Å². The molecule has 0 N–H and O–H groups in total. The largest absolute Gasteiger partial charge is 0.454 e. The maximum Gasteiger partial charge on any atom is 0.454 e. The van der Waals surface area contributed by atoms with Crippen molar-refractivity contribution in [3.63, 3.8) is 0 Å². The number of unbranched alkanes of at least 4 members (excludes halogenated alkanes) is 2. The van der Waals surface area contributed by atoms with E-state index in [2.05, 4.69) is 0 Å². The van der Waals surface area contributed by atoms with Crippen LogP contribution in [0.25, 0.3) is 0 Å². The van der Waals surface area contributed by atoms with Crippen LogP contribution < -0.4 is 0 Å². The summed E-state index contributed by atoms with van der Waals surface area (Å²) in [5.41, 5.74) is 0. The molecule has 0 amide bonds. The lowest BCUT2D eigenvalue weighted by Crippen LogP contribution is -2.47. The Balaban J connectivity index is 4.39. The molecule has 0 spiro atoms. The van der Waals surface area contributed by atoms with E-state index in [4.69, 9.17) is 0 Å². The molecule has 6 heteroatoms. The lowest BCUT2D eigenvalue weighted by Gasteiger charge is -2.28. The molecule has 0 aliphatic carbocycles. The molecule has 0 radical (unpaired) electrons. The standard InChI is InChI=1S/C11H20F5N/c1-3-5-7-17(8-6-4-2)9-10(12,13)11(14,15)16/h3-9H2,1-2H3. The summed E-state index contributed by atoms with van der Waals surface area (Å²) < 4.78 is 61.9. The summed E-state index contributed by atoms with van der Waals surface area (Å²) in [5, 5.41) is 0. The Morgan fingerprint density at radius 3 is 1.53 bits per heavy atom. The Labute approximate surface area is 99.0 Å². The molecule has 0 aromatic rings. The van der Waals surface area contributed by atoms with Crippen LogP contribution in [0.15, 0.2) is 0 Å². The first-order valence-electron chi connectivity index (χ1n) is 5.91. The quantitative estimate of drug-likeness (QED) is 0.595. The van der Waals surface area contributed by atoms with Crippen molar-refractivity contribution in [3.8, 4) is 0 Å². The minimum atomic E-state index is -5.45. The number of nitrogens with zero attached hydrogens (tertiary/aromatic N) is 1. The topological polar surface area (TPSA) is 3.24 Å².